The summed E-state index contributed by atoms with van der Waals surface area (Å²) < 4.78 is 25.5. The summed E-state index contributed by atoms with van der Waals surface area (Å²) in [6, 6.07) is 1.83. The molecule has 1 aliphatic rings. The fraction of sp³-hybridized carbons (Fsp3) is 0.429. The van der Waals surface area contributed by atoms with Gasteiger partial charge < -0.3 is 9.80 Å². The first-order chi connectivity index (χ1) is 11.6. The van der Waals surface area contributed by atoms with Gasteiger partial charge in [-0.1, -0.05) is 11.6 Å². The third kappa shape index (κ3) is 3.45. The van der Waals surface area contributed by atoms with Crippen LogP contribution in [0.2, 0.25) is 5.02 Å². The van der Waals surface area contributed by atoms with Crippen molar-refractivity contribution in [3.8, 4) is 0 Å². The van der Waals surface area contributed by atoms with E-state index in [9.17, 15) is 13.6 Å². The van der Waals surface area contributed by atoms with E-state index in [1.165, 1.54) is 12.5 Å². The molecule has 1 aliphatic heterocycles. The summed E-state index contributed by atoms with van der Waals surface area (Å²) >= 11 is 6.07. The first-order valence-corrected chi connectivity index (χ1v) is 7.73. The predicted octanol–water partition coefficient (Wildman–Crippen LogP) is 1.28. The summed E-state index contributed by atoms with van der Waals surface area (Å²) in [5.41, 5.74) is -0.234. The van der Waals surface area contributed by atoms with Crippen molar-refractivity contribution in [2.24, 2.45) is 0 Å². The fourth-order valence-electron chi connectivity index (χ4n) is 2.58. The molecule has 0 atom stereocenters. The van der Waals surface area contributed by atoms with E-state index in [4.69, 9.17) is 11.6 Å². The van der Waals surface area contributed by atoms with Crippen molar-refractivity contribution >= 4 is 23.1 Å². The Hall–Kier alpha value is -2.29. The maximum Gasteiger partial charge on any atom is 0.287 e. The van der Waals surface area contributed by atoms with Crippen LogP contribution in [0.15, 0.2) is 29.6 Å². The number of halogens is 3. The van der Waals surface area contributed by atoms with Crippen LogP contribution in [-0.4, -0.2) is 52.4 Å². The Morgan fingerprint density at radius 2 is 1.92 bits per heavy atom. The largest absolute Gasteiger partial charge is 0.365 e. The molecule has 0 saturated carbocycles. The van der Waals surface area contributed by atoms with Crippen LogP contribution in [0.4, 0.5) is 20.3 Å². The highest BCUT2D eigenvalue weighted by Crippen LogP contribution is 2.23. The number of anilines is 2. The number of hydrogen-bond donors (Lipinski definition) is 0. The molecule has 7 nitrogen and oxygen atoms in total. The molecule has 2 aromatic heterocycles. The lowest BCUT2D eigenvalue weighted by Crippen LogP contribution is -2.47. The molecule has 10 heteroatoms. The van der Waals surface area contributed by atoms with Crippen molar-refractivity contribution in [2.75, 3.05) is 36.0 Å². The van der Waals surface area contributed by atoms with Gasteiger partial charge in [0.1, 0.15) is 23.7 Å². The highest BCUT2D eigenvalue weighted by molar-refractivity contribution is 6.33. The second-order valence-corrected chi connectivity index (χ2v) is 5.64. The van der Waals surface area contributed by atoms with Crippen LogP contribution in [0.25, 0.3) is 0 Å². The van der Waals surface area contributed by atoms with Crippen molar-refractivity contribution in [1.29, 1.82) is 0 Å². The topological polar surface area (TPSA) is 67.2 Å². The smallest absolute Gasteiger partial charge is 0.287 e. The van der Waals surface area contributed by atoms with Gasteiger partial charge in [0.25, 0.3) is 12.0 Å². The van der Waals surface area contributed by atoms with E-state index in [1.54, 1.807) is 6.20 Å². The summed E-state index contributed by atoms with van der Waals surface area (Å²) in [4.78, 5) is 24.1. The quantitative estimate of drug-likeness (QED) is 0.822. The van der Waals surface area contributed by atoms with E-state index in [-0.39, 0.29) is 5.02 Å². The van der Waals surface area contributed by atoms with Crippen LogP contribution < -0.4 is 15.4 Å². The number of rotatable bonds is 4. The Morgan fingerprint density at radius 1 is 1.21 bits per heavy atom. The number of hydrogen-bond acceptors (Lipinski definition) is 6. The van der Waals surface area contributed by atoms with Crippen LogP contribution >= 0.6 is 11.6 Å². The van der Waals surface area contributed by atoms with E-state index in [2.05, 4.69) is 20.0 Å². The number of alkyl halides is 2. The first kappa shape index (κ1) is 16.6. The molecule has 128 valence electrons. The van der Waals surface area contributed by atoms with Crippen molar-refractivity contribution < 1.29 is 8.78 Å². The zero-order chi connectivity index (χ0) is 17.1. The average Bonchev–Trinajstić information content (AvgIpc) is 2.60. The molecule has 0 bridgehead atoms. The minimum atomic E-state index is -2.66. The Kier molecular flexibility index (Phi) is 4.89. The lowest BCUT2D eigenvalue weighted by Gasteiger charge is -2.36. The molecule has 0 aliphatic carbocycles. The van der Waals surface area contributed by atoms with E-state index >= 15 is 0 Å². The maximum absolute atomic E-state index is 12.4. The van der Waals surface area contributed by atoms with E-state index in [0.717, 1.165) is 5.82 Å². The number of nitrogens with zero attached hydrogens (tertiary/aromatic N) is 6. The van der Waals surface area contributed by atoms with Gasteiger partial charge in [0.05, 0.1) is 11.9 Å². The molecule has 2 aromatic rings. The fourth-order valence-corrected chi connectivity index (χ4v) is 2.85. The van der Waals surface area contributed by atoms with Gasteiger partial charge in [0.2, 0.25) is 0 Å². The SMILES string of the molecule is O=c1c(Cl)c(N2CCN(c3ccncn3)CC2)cnn1CC(F)F. The van der Waals surface area contributed by atoms with Crippen LogP contribution in [0.3, 0.4) is 0 Å². The predicted molar refractivity (Wildman–Crippen MR) is 86.0 cm³/mol. The molecule has 0 aromatic carbocycles. The van der Waals surface area contributed by atoms with Crippen LogP contribution in [0.5, 0.6) is 0 Å². The lowest BCUT2D eigenvalue weighted by atomic mass is 10.3. The molecule has 3 heterocycles. The minimum Gasteiger partial charge on any atom is -0.365 e. The lowest BCUT2D eigenvalue weighted by molar-refractivity contribution is 0.119. The Balaban J connectivity index is 1.73. The third-order valence-electron chi connectivity index (χ3n) is 3.79. The van der Waals surface area contributed by atoms with Crippen LogP contribution in [-0.2, 0) is 6.54 Å². The van der Waals surface area contributed by atoms with Gasteiger partial charge in [0, 0.05) is 32.4 Å². The monoisotopic (exact) mass is 356 g/mol. The van der Waals surface area contributed by atoms with Gasteiger partial charge in [0.15, 0.2) is 0 Å². The number of piperazine rings is 1. The molecule has 3 rings (SSSR count). The molecule has 1 saturated heterocycles. The van der Waals surface area contributed by atoms with Crippen molar-refractivity contribution in [1.82, 2.24) is 19.7 Å². The first-order valence-electron chi connectivity index (χ1n) is 7.36. The second-order valence-electron chi connectivity index (χ2n) is 5.26. The standard InChI is InChI=1S/C14H15ClF2N6O/c15-13-10(7-20-23(14(13)24)8-11(16)17)21-3-5-22(6-4-21)12-1-2-18-9-19-12/h1-2,7,9,11H,3-6,8H2. The third-order valence-corrected chi connectivity index (χ3v) is 4.14. The zero-order valence-corrected chi connectivity index (χ0v) is 13.4. The van der Waals surface area contributed by atoms with Crippen LogP contribution in [0.1, 0.15) is 0 Å². The molecule has 0 amide bonds. The summed E-state index contributed by atoms with van der Waals surface area (Å²) in [6.07, 6.45) is 1.88. The zero-order valence-electron chi connectivity index (χ0n) is 12.6. The summed E-state index contributed by atoms with van der Waals surface area (Å²) in [6.45, 7) is 1.84. The Morgan fingerprint density at radius 3 is 2.54 bits per heavy atom. The molecule has 1 fully saturated rings. The van der Waals surface area contributed by atoms with Gasteiger partial charge in [-0.3, -0.25) is 4.79 Å². The van der Waals surface area contributed by atoms with Crippen molar-refractivity contribution in [3.63, 3.8) is 0 Å². The van der Waals surface area contributed by atoms with Gasteiger partial charge in [-0.2, -0.15) is 5.10 Å². The molecular formula is C14H15ClF2N6O. The van der Waals surface area contributed by atoms with E-state index in [0.29, 0.717) is 36.5 Å². The molecule has 24 heavy (non-hydrogen) atoms. The molecule has 0 spiro atoms. The van der Waals surface area contributed by atoms with Crippen molar-refractivity contribution in [3.05, 3.63) is 40.2 Å². The minimum absolute atomic E-state index is 0.0823. The van der Waals surface area contributed by atoms with Gasteiger partial charge in [-0.05, 0) is 6.07 Å². The van der Waals surface area contributed by atoms with Crippen LogP contribution in [0, 0.1) is 0 Å². The normalized spacial score (nSPS) is 15.2. The maximum atomic E-state index is 12.4. The summed E-state index contributed by atoms with van der Waals surface area (Å²) in [5.74, 6) is 0.834. The Labute approximate surface area is 141 Å². The second kappa shape index (κ2) is 7.08. The number of aromatic nitrogens is 4. The van der Waals surface area contributed by atoms with E-state index in [1.807, 2.05) is 11.0 Å². The highest BCUT2D eigenvalue weighted by Gasteiger charge is 2.22. The average molecular weight is 357 g/mol. The van der Waals surface area contributed by atoms with Crippen molar-refractivity contribution in [2.45, 2.75) is 13.0 Å². The van der Waals surface area contributed by atoms with Gasteiger partial charge >= 0.3 is 0 Å². The molecule has 0 N–H and O–H groups in total. The molecular weight excluding hydrogens is 342 g/mol. The summed E-state index contributed by atoms with van der Waals surface area (Å²) in [5, 5.41) is 3.71. The molecule has 0 unspecified atom stereocenters. The Bertz CT molecular complexity index is 749. The molecule has 0 radical (unpaired) electrons. The highest BCUT2D eigenvalue weighted by atomic mass is 35.5. The summed E-state index contributed by atoms with van der Waals surface area (Å²) in [7, 11) is 0. The van der Waals surface area contributed by atoms with Gasteiger partial charge in [-0.25, -0.2) is 23.4 Å². The van der Waals surface area contributed by atoms with E-state index < -0.39 is 18.5 Å². The van der Waals surface area contributed by atoms with Gasteiger partial charge in [-0.15, -0.1) is 0 Å².